The second kappa shape index (κ2) is 12.8. The predicted octanol–water partition coefficient (Wildman–Crippen LogP) is 11.2. The van der Waals surface area contributed by atoms with Crippen LogP contribution < -0.4 is 0 Å². The summed E-state index contributed by atoms with van der Waals surface area (Å²) in [4.78, 5) is 33.0. The van der Waals surface area contributed by atoms with Crippen LogP contribution in [0, 0.1) is 59.2 Å². The number of hydrogen-bond donors (Lipinski definition) is 0. The Balaban J connectivity index is 1.12. The predicted molar refractivity (Wildman–Crippen MR) is 210 cm³/mol. The molecular formula is C42H20N4O2S4. The summed E-state index contributed by atoms with van der Waals surface area (Å²) in [6.45, 7) is 4.26. The molecule has 0 unspecified atom stereocenters. The van der Waals surface area contributed by atoms with Gasteiger partial charge in [0.2, 0.25) is 0 Å². The van der Waals surface area contributed by atoms with Crippen molar-refractivity contribution >= 4 is 89.6 Å². The number of fused-ring (bicyclic) bond motifs is 3. The quantitative estimate of drug-likeness (QED) is 0.131. The highest BCUT2D eigenvalue weighted by Gasteiger charge is 2.34. The first-order valence-corrected chi connectivity index (χ1v) is 19.1. The number of carbonyl (C=O) groups excluding carboxylic acids is 2. The standard InChI is InChI=1S/C42H20N4O2S4/c1-21-35-22(2)41(34-14-12-26(50-34)16-32-37(24(19-45)20-46)28-8-4-6-10-30(28)39(32)48)52-42(35)51-40(21)33-13-11-25(49-33)15-31-36(23(17-43)18-44)27-7-3-5-9-29(27)38(31)47/h3-16H,1-2H3/b31-15-,32-16-. The van der Waals surface area contributed by atoms with Gasteiger partial charge in [-0.05, 0) is 72.5 Å². The highest BCUT2D eigenvalue weighted by molar-refractivity contribution is 7.42. The first-order chi connectivity index (χ1) is 25.3. The highest BCUT2D eigenvalue weighted by Crippen LogP contribution is 2.51. The Hall–Kier alpha value is -6.24. The summed E-state index contributed by atoms with van der Waals surface area (Å²) in [6, 6.07) is 30.1. The second-order valence-corrected chi connectivity index (χ2v) is 16.5. The van der Waals surface area contributed by atoms with E-state index < -0.39 is 0 Å². The third kappa shape index (κ3) is 5.06. The van der Waals surface area contributed by atoms with Crippen LogP contribution in [-0.4, -0.2) is 11.6 Å². The van der Waals surface area contributed by atoms with Gasteiger partial charge >= 0.3 is 0 Å². The average Bonchev–Trinajstić information content (AvgIpc) is 4.01. The molecule has 244 valence electrons. The molecule has 0 bridgehead atoms. The molecule has 4 heterocycles. The zero-order chi connectivity index (χ0) is 36.3. The SMILES string of the molecule is Cc1c(-c2ccc(/C=C3\C(=O)c4ccccc4C3=C(C#N)C#N)s2)sc2sc(-c3ccc(/C=C4\C(=O)c5ccccc5C4=C(C#N)C#N)s3)c(C)c12. The molecular weight excluding hydrogens is 721 g/mol. The van der Waals surface area contributed by atoms with Gasteiger partial charge in [-0.15, -0.1) is 45.3 Å². The minimum Gasteiger partial charge on any atom is -0.289 e. The molecule has 0 spiro atoms. The number of rotatable bonds is 4. The van der Waals surface area contributed by atoms with Crippen LogP contribution >= 0.6 is 45.3 Å². The highest BCUT2D eigenvalue weighted by atomic mass is 32.2. The first kappa shape index (κ1) is 32.9. The molecule has 0 aliphatic heterocycles. The van der Waals surface area contributed by atoms with Gasteiger partial charge in [0.1, 0.15) is 35.4 Å². The van der Waals surface area contributed by atoms with E-state index in [1.807, 2.05) is 36.4 Å². The molecule has 0 N–H and O–H groups in total. The van der Waals surface area contributed by atoms with Crippen LogP contribution in [0.15, 0.2) is 95.1 Å². The van der Waals surface area contributed by atoms with E-state index in [0.29, 0.717) is 44.5 Å². The fraction of sp³-hybridized carbons (Fsp3) is 0.0476. The Bertz CT molecular complexity index is 2680. The number of ketones is 2. The molecule has 0 radical (unpaired) electrons. The van der Waals surface area contributed by atoms with Crippen molar-refractivity contribution in [3.63, 3.8) is 0 Å². The largest absolute Gasteiger partial charge is 0.289 e. The molecule has 2 aliphatic carbocycles. The minimum absolute atomic E-state index is 0.0808. The zero-order valence-electron chi connectivity index (χ0n) is 27.3. The molecule has 0 saturated carbocycles. The van der Waals surface area contributed by atoms with Crippen LogP contribution in [0.5, 0.6) is 0 Å². The van der Waals surface area contributed by atoms with Crippen molar-refractivity contribution in [3.05, 3.63) is 138 Å². The Morgan fingerprint density at radius 2 is 0.923 bits per heavy atom. The van der Waals surface area contributed by atoms with Crippen molar-refractivity contribution in [2.75, 3.05) is 0 Å². The summed E-state index contributed by atoms with van der Waals surface area (Å²) in [6.07, 6.45) is 3.58. The van der Waals surface area contributed by atoms with E-state index >= 15 is 0 Å². The second-order valence-electron chi connectivity index (χ2n) is 12.0. The smallest absolute Gasteiger partial charge is 0.194 e. The summed E-state index contributed by atoms with van der Waals surface area (Å²) in [5, 5.41) is 39.9. The van der Waals surface area contributed by atoms with Crippen molar-refractivity contribution in [1.29, 1.82) is 21.0 Å². The van der Waals surface area contributed by atoms with Gasteiger partial charge in [0, 0.05) is 68.1 Å². The normalized spacial score (nSPS) is 14.7. The average molecular weight is 741 g/mol. The molecule has 4 aromatic heterocycles. The number of nitriles is 4. The number of hydrogen-bond acceptors (Lipinski definition) is 10. The van der Waals surface area contributed by atoms with Gasteiger partial charge in [-0.25, -0.2) is 0 Å². The fourth-order valence-corrected chi connectivity index (χ4v) is 11.9. The topological polar surface area (TPSA) is 129 Å². The molecule has 6 aromatic rings. The number of Topliss-reactive ketones (excluding diaryl/α,β-unsaturated/α-hetero) is 2. The van der Waals surface area contributed by atoms with E-state index in [0.717, 1.165) is 29.3 Å². The summed E-state index contributed by atoms with van der Waals surface area (Å²) in [5.41, 5.74) is 5.85. The number of benzene rings is 2. The van der Waals surface area contributed by atoms with Crippen LogP contribution in [0.25, 0.3) is 52.2 Å². The third-order valence-corrected chi connectivity index (χ3v) is 14.3. The van der Waals surface area contributed by atoms with Gasteiger partial charge < -0.3 is 0 Å². The number of nitrogens with zero attached hydrogens (tertiary/aromatic N) is 4. The number of allylic oxidation sites excluding steroid dienone is 6. The molecule has 2 aliphatic rings. The summed E-state index contributed by atoms with van der Waals surface area (Å²) in [7, 11) is 0. The van der Waals surface area contributed by atoms with Crippen molar-refractivity contribution in [2.45, 2.75) is 13.8 Å². The van der Waals surface area contributed by atoms with Crippen molar-refractivity contribution < 1.29 is 9.59 Å². The monoisotopic (exact) mass is 740 g/mol. The molecule has 6 nitrogen and oxygen atoms in total. The molecule has 0 amide bonds. The maximum atomic E-state index is 13.4. The molecule has 0 saturated heterocycles. The maximum Gasteiger partial charge on any atom is 0.194 e. The Labute approximate surface area is 314 Å². The van der Waals surface area contributed by atoms with Crippen LogP contribution in [0.3, 0.4) is 0 Å². The zero-order valence-corrected chi connectivity index (χ0v) is 30.6. The molecule has 2 aromatic carbocycles. The lowest BCUT2D eigenvalue weighted by Crippen LogP contribution is -1.95. The summed E-state index contributed by atoms with van der Waals surface area (Å²) < 4.78 is 1.19. The van der Waals surface area contributed by atoms with Gasteiger partial charge in [0.25, 0.3) is 0 Å². The Morgan fingerprint density at radius 3 is 1.29 bits per heavy atom. The summed E-state index contributed by atoms with van der Waals surface area (Å²) in [5.74, 6) is -0.392. The van der Waals surface area contributed by atoms with E-state index in [1.165, 1.54) is 20.5 Å². The first-order valence-electron chi connectivity index (χ1n) is 15.8. The van der Waals surface area contributed by atoms with Crippen LogP contribution in [0.1, 0.15) is 52.7 Å². The van der Waals surface area contributed by atoms with Gasteiger partial charge in [-0.3, -0.25) is 9.59 Å². The lowest BCUT2D eigenvalue weighted by Gasteiger charge is -2.01. The van der Waals surface area contributed by atoms with Gasteiger partial charge in [0.05, 0.1) is 4.01 Å². The summed E-state index contributed by atoms with van der Waals surface area (Å²) >= 11 is 6.58. The van der Waals surface area contributed by atoms with E-state index in [-0.39, 0.29) is 22.7 Å². The van der Waals surface area contributed by atoms with Gasteiger partial charge in [-0.2, -0.15) is 21.0 Å². The van der Waals surface area contributed by atoms with Crippen LogP contribution in [0.4, 0.5) is 0 Å². The number of aryl methyl sites for hydroxylation is 2. The van der Waals surface area contributed by atoms with Crippen LogP contribution in [0.2, 0.25) is 0 Å². The molecule has 8 rings (SSSR count). The van der Waals surface area contributed by atoms with Crippen molar-refractivity contribution in [1.82, 2.24) is 0 Å². The van der Waals surface area contributed by atoms with Gasteiger partial charge in [-0.1, -0.05) is 48.5 Å². The minimum atomic E-state index is -0.196. The van der Waals surface area contributed by atoms with E-state index in [2.05, 4.69) is 26.0 Å². The lowest BCUT2D eigenvalue weighted by atomic mass is 9.99. The number of thiophene rings is 4. The van der Waals surface area contributed by atoms with Crippen molar-refractivity contribution in [3.8, 4) is 43.8 Å². The Morgan fingerprint density at radius 1 is 0.538 bits per heavy atom. The molecule has 0 atom stereocenters. The third-order valence-electron chi connectivity index (χ3n) is 9.16. The Kier molecular flexibility index (Phi) is 8.12. The molecule has 10 heteroatoms. The molecule has 52 heavy (non-hydrogen) atoms. The molecule has 0 fully saturated rings. The van der Waals surface area contributed by atoms with Crippen LogP contribution in [-0.2, 0) is 0 Å². The lowest BCUT2D eigenvalue weighted by molar-refractivity contribution is 0.103. The maximum absolute atomic E-state index is 13.4. The van der Waals surface area contributed by atoms with Crippen molar-refractivity contribution in [2.24, 2.45) is 0 Å². The fourth-order valence-electron chi connectivity index (χ4n) is 6.83. The van der Waals surface area contributed by atoms with E-state index in [9.17, 15) is 30.6 Å². The van der Waals surface area contributed by atoms with E-state index in [4.69, 9.17) is 0 Å². The number of carbonyl (C=O) groups is 2. The van der Waals surface area contributed by atoms with Gasteiger partial charge in [0.15, 0.2) is 11.6 Å². The van der Waals surface area contributed by atoms with E-state index in [1.54, 1.807) is 106 Å².